The van der Waals surface area contributed by atoms with Crippen molar-refractivity contribution in [2.45, 2.75) is 13.3 Å². The van der Waals surface area contributed by atoms with E-state index in [1.165, 1.54) is 0 Å². The van der Waals surface area contributed by atoms with Crippen LogP contribution in [0.2, 0.25) is 0 Å². The smallest absolute Gasteiger partial charge is 0.322 e. The second-order valence-electron chi connectivity index (χ2n) is 3.67. The number of benzene rings is 1. The number of carbonyl (C=O) groups is 2. The van der Waals surface area contributed by atoms with Crippen molar-refractivity contribution in [1.82, 2.24) is 5.32 Å². The Morgan fingerprint density at radius 1 is 1.39 bits per heavy atom. The SMILES string of the molecule is Cc1c(O)cccc1OCCC(=O)NCC(=O)O. The lowest BCUT2D eigenvalue weighted by atomic mass is 10.2. The Morgan fingerprint density at radius 2 is 2.11 bits per heavy atom. The van der Waals surface area contributed by atoms with Crippen LogP contribution in [0.25, 0.3) is 0 Å². The molecule has 0 heterocycles. The number of aliphatic carboxylic acids is 1. The van der Waals surface area contributed by atoms with Crippen LogP contribution in [0.15, 0.2) is 18.2 Å². The van der Waals surface area contributed by atoms with E-state index in [-0.39, 0.29) is 18.8 Å². The van der Waals surface area contributed by atoms with E-state index in [4.69, 9.17) is 9.84 Å². The van der Waals surface area contributed by atoms with Crippen LogP contribution in [0.1, 0.15) is 12.0 Å². The third kappa shape index (κ3) is 4.32. The van der Waals surface area contributed by atoms with Gasteiger partial charge in [-0.15, -0.1) is 0 Å². The maximum absolute atomic E-state index is 11.2. The molecule has 1 aromatic rings. The molecule has 0 aromatic heterocycles. The number of hydrogen-bond acceptors (Lipinski definition) is 4. The van der Waals surface area contributed by atoms with Crippen molar-refractivity contribution in [1.29, 1.82) is 0 Å². The highest BCUT2D eigenvalue weighted by Crippen LogP contribution is 2.25. The predicted molar refractivity (Wildman–Crippen MR) is 63.6 cm³/mol. The van der Waals surface area contributed by atoms with Crippen LogP contribution in [-0.2, 0) is 9.59 Å². The van der Waals surface area contributed by atoms with E-state index in [0.29, 0.717) is 11.3 Å². The summed E-state index contributed by atoms with van der Waals surface area (Å²) < 4.78 is 5.33. The highest BCUT2D eigenvalue weighted by Gasteiger charge is 2.06. The topological polar surface area (TPSA) is 95.9 Å². The molecule has 0 aliphatic rings. The van der Waals surface area contributed by atoms with Gasteiger partial charge in [-0.2, -0.15) is 0 Å². The molecule has 0 saturated carbocycles. The van der Waals surface area contributed by atoms with Gasteiger partial charge in [0.15, 0.2) is 0 Å². The van der Waals surface area contributed by atoms with Crippen LogP contribution >= 0.6 is 0 Å². The Kier molecular flexibility index (Phi) is 4.98. The third-order valence-corrected chi connectivity index (χ3v) is 2.28. The van der Waals surface area contributed by atoms with Gasteiger partial charge in [0.05, 0.1) is 13.0 Å². The molecule has 6 heteroatoms. The minimum absolute atomic E-state index is 0.0579. The molecule has 1 amide bonds. The number of hydrogen-bond donors (Lipinski definition) is 3. The molecule has 0 atom stereocenters. The molecule has 0 saturated heterocycles. The number of aromatic hydroxyl groups is 1. The van der Waals surface area contributed by atoms with Gasteiger partial charge in [-0.05, 0) is 19.1 Å². The number of amides is 1. The number of carbonyl (C=O) groups excluding carboxylic acids is 1. The molecule has 18 heavy (non-hydrogen) atoms. The molecule has 0 fully saturated rings. The Hall–Kier alpha value is -2.24. The average molecular weight is 253 g/mol. The maximum Gasteiger partial charge on any atom is 0.322 e. The van der Waals surface area contributed by atoms with Crippen molar-refractivity contribution in [3.05, 3.63) is 23.8 Å². The number of carboxylic acid groups (broad SMARTS) is 1. The molecule has 3 N–H and O–H groups in total. The number of nitrogens with one attached hydrogen (secondary N) is 1. The van der Waals surface area contributed by atoms with Crippen LogP contribution in [0, 0.1) is 6.92 Å². The van der Waals surface area contributed by atoms with Crippen molar-refractivity contribution in [2.24, 2.45) is 0 Å². The second-order valence-corrected chi connectivity index (χ2v) is 3.67. The lowest BCUT2D eigenvalue weighted by Gasteiger charge is -2.09. The molecular formula is C12H15NO5. The number of carboxylic acids is 1. The molecule has 1 aromatic carbocycles. The van der Waals surface area contributed by atoms with Crippen LogP contribution in [0.5, 0.6) is 11.5 Å². The van der Waals surface area contributed by atoms with E-state index < -0.39 is 18.4 Å². The van der Waals surface area contributed by atoms with E-state index in [0.717, 1.165) is 0 Å². The van der Waals surface area contributed by atoms with E-state index >= 15 is 0 Å². The zero-order valence-electron chi connectivity index (χ0n) is 9.97. The number of phenolic OH excluding ortho intramolecular Hbond substituents is 1. The zero-order valence-corrected chi connectivity index (χ0v) is 9.97. The van der Waals surface area contributed by atoms with Gasteiger partial charge in [-0.3, -0.25) is 9.59 Å². The fourth-order valence-corrected chi connectivity index (χ4v) is 1.28. The first-order chi connectivity index (χ1) is 8.50. The van der Waals surface area contributed by atoms with Gasteiger partial charge in [0.2, 0.25) is 5.91 Å². The summed E-state index contributed by atoms with van der Waals surface area (Å²) in [6.07, 6.45) is 0.0579. The van der Waals surface area contributed by atoms with Crippen molar-refractivity contribution < 1.29 is 24.5 Å². The minimum atomic E-state index is -1.09. The van der Waals surface area contributed by atoms with Crippen molar-refractivity contribution >= 4 is 11.9 Å². The van der Waals surface area contributed by atoms with Crippen LogP contribution in [0.4, 0.5) is 0 Å². The third-order valence-electron chi connectivity index (χ3n) is 2.28. The minimum Gasteiger partial charge on any atom is -0.508 e. The second kappa shape index (κ2) is 6.48. The number of rotatable bonds is 6. The van der Waals surface area contributed by atoms with Gasteiger partial charge in [0.1, 0.15) is 18.0 Å². The summed E-state index contributed by atoms with van der Waals surface area (Å²) in [7, 11) is 0. The summed E-state index contributed by atoms with van der Waals surface area (Å²) in [6.45, 7) is 1.43. The van der Waals surface area contributed by atoms with Gasteiger partial charge in [0, 0.05) is 5.56 Å². The quantitative estimate of drug-likeness (QED) is 0.692. The summed E-state index contributed by atoms with van der Waals surface area (Å²) >= 11 is 0. The first-order valence-electron chi connectivity index (χ1n) is 5.40. The molecule has 0 bridgehead atoms. The van der Waals surface area contributed by atoms with E-state index in [2.05, 4.69) is 5.32 Å². The Labute approximate surface area is 104 Å². The highest BCUT2D eigenvalue weighted by atomic mass is 16.5. The zero-order chi connectivity index (χ0) is 13.5. The first-order valence-corrected chi connectivity index (χ1v) is 5.40. The van der Waals surface area contributed by atoms with Gasteiger partial charge in [-0.1, -0.05) is 6.07 Å². The molecular weight excluding hydrogens is 238 g/mol. The van der Waals surface area contributed by atoms with E-state index in [9.17, 15) is 14.7 Å². The highest BCUT2D eigenvalue weighted by molar-refractivity contribution is 5.81. The van der Waals surface area contributed by atoms with Gasteiger partial charge < -0.3 is 20.3 Å². The molecule has 0 aliphatic heterocycles. The van der Waals surface area contributed by atoms with Crippen molar-refractivity contribution in [3.63, 3.8) is 0 Å². The normalized spacial score (nSPS) is 9.83. The van der Waals surface area contributed by atoms with Gasteiger partial charge in [-0.25, -0.2) is 0 Å². The van der Waals surface area contributed by atoms with E-state index in [1.54, 1.807) is 25.1 Å². The summed E-state index contributed by atoms with van der Waals surface area (Å²) in [5, 5.41) is 20.0. The van der Waals surface area contributed by atoms with Crippen LogP contribution in [0.3, 0.4) is 0 Å². The monoisotopic (exact) mass is 253 g/mol. The largest absolute Gasteiger partial charge is 0.508 e. The predicted octanol–water partition coefficient (Wildman–Crippen LogP) is 0.670. The molecule has 0 spiro atoms. The summed E-state index contributed by atoms with van der Waals surface area (Å²) in [4.78, 5) is 21.4. The molecule has 0 aliphatic carbocycles. The van der Waals surface area contributed by atoms with Gasteiger partial charge >= 0.3 is 5.97 Å². The fraction of sp³-hybridized carbons (Fsp3) is 0.333. The molecule has 0 radical (unpaired) electrons. The van der Waals surface area contributed by atoms with Gasteiger partial charge in [0.25, 0.3) is 0 Å². The summed E-state index contributed by atoms with van der Waals surface area (Å²) in [5.41, 5.74) is 0.600. The summed E-state index contributed by atoms with van der Waals surface area (Å²) in [5.74, 6) is -0.854. The van der Waals surface area contributed by atoms with Crippen molar-refractivity contribution in [3.8, 4) is 11.5 Å². The molecule has 6 nitrogen and oxygen atoms in total. The Balaban J connectivity index is 2.35. The first kappa shape index (κ1) is 13.8. The molecule has 1 rings (SSSR count). The molecule has 98 valence electrons. The molecule has 0 unspecified atom stereocenters. The van der Waals surface area contributed by atoms with E-state index in [1.807, 2.05) is 0 Å². The Bertz CT molecular complexity index is 444. The van der Waals surface area contributed by atoms with Crippen LogP contribution < -0.4 is 10.1 Å². The van der Waals surface area contributed by atoms with Crippen molar-refractivity contribution in [2.75, 3.05) is 13.2 Å². The van der Waals surface area contributed by atoms with Crippen LogP contribution in [-0.4, -0.2) is 35.2 Å². The number of phenols is 1. The Morgan fingerprint density at radius 3 is 2.78 bits per heavy atom. The fourth-order valence-electron chi connectivity index (χ4n) is 1.28. The standard InChI is InChI=1S/C12H15NO5/c1-8-9(14)3-2-4-10(8)18-6-5-11(15)13-7-12(16)17/h2-4,14H,5-7H2,1H3,(H,13,15)(H,16,17). The lowest BCUT2D eigenvalue weighted by Crippen LogP contribution is -2.30. The summed E-state index contributed by atoms with van der Waals surface area (Å²) in [6, 6.07) is 4.87. The average Bonchev–Trinajstić information content (AvgIpc) is 2.32. The number of ether oxygens (including phenoxy) is 1. The lowest BCUT2D eigenvalue weighted by molar-refractivity contribution is -0.138. The maximum atomic E-state index is 11.2.